The lowest BCUT2D eigenvalue weighted by molar-refractivity contribution is 0.532. The van der Waals surface area contributed by atoms with Gasteiger partial charge in [-0.15, -0.1) is 0 Å². The average molecular weight is 257 g/mol. The van der Waals surface area contributed by atoms with Gasteiger partial charge in [-0.2, -0.15) is 5.10 Å². The van der Waals surface area contributed by atoms with Gasteiger partial charge >= 0.3 is 0 Å². The van der Waals surface area contributed by atoms with E-state index in [1.165, 1.54) is 5.69 Å². The maximum absolute atomic E-state index is 4.53. The van der Waals surface area contributed by atoms with E-state index in [9.17, 15) is 0 Å². The fourth-order valence-corrected chi connectivity index (χ4v) is 2.29. The fourth-order valence-electron chi connectivity index (χ4n) is 2.29. The summed E-state index contributed by atoms with van der Waals surface area (Å²) in [4.78, 5) is 6.78. The largest absolute Gasteiger partial charge is 0.380 e. The van der Waals surface area contributed by atoms with Crippen LogP contribution in [0.1, 0.15) is 19.9 Å². The summed E-state index contributed by atoms with van der Waals surface area (Å²) < 4.78 is 1.96. The van der Waals surface area contributed by atoms with Crippen LogP contribution in [-0.2, 0) is 0 Å². The van der Waals surface area contributed by atoms with Crippen molar-refractivity contribution in [1.82, 2.24) is 14.8 Å². The molecule has 0 aromatic carbocycles. The minimum Gasteiger partial charge on any atom is -0.380 e. The Morgan fingerprint density at radius 1 is 1.32 bits per heavy atom. The van der Waals surface area contributed by atoms with E-state index >= 15 is 0 Å². The topological polar surface area (TPSA) is 46.0 Å². The van der Waals surface area contributed by atoms with Crippen LogP contribution in [0.15, 0.2) is 24.7 Å². The third kappa shape index (κ3) is 2.16. The van der Waals surface area contributed by atoms with Crippen molar-refractivity contribution in [3.8, 4) is 11.3 Å². The van der Waals surface area contributed by atoms with Crippen molar-refractivity contribution in [1.29, 1.82) is 0 Å². The van der Waals surface area contributed by atoms with E-state index in [2.05, 4.69) is 53.5 Å². The van der Waals surface area contributed by atoms with E-state index in [0.29, 0.717) is 6.04 Å². The van der Waals surface area contributed by atoms with Crippen LogP contribution >= 0.6 is 0 Å². The van der Waals surface area contributed by atoms with Crippen LogP contribution in [0, 0.1) is 0 Å². The van der Waals surface area contributed by atoms with Crippen LogP contribution in [0.5, 0.6) is 0 Å². The van der Waals surface area contributed by atoms with Gasteiger partial charge in [-0.05, 0) is 19.9 Å². The van der Waals surface area contributed by atoms with Gasteiger partial charge in [0.05, 0.1) is 29.5 Å². The van der Waals surface area contributed by atoms with E-state index in [1.807, 2.05) is 17.1 Å². The normalized spacial score (nSPS) is 14.4. The van der Waals surface area contributed by atoms with Crippen LogP contribution in [-0.4, -0.2) is 34.9 Å². The third-order valence-electron chi connectivity index (χ3n) is 3.48. The second kappa shape index (κ2) is 4.57. The number of aromatic nitrogens is 3. The molecule has 3 heterocycles. The first-order valence-electron chi connectivity index (χ1n) is 6.65. The Morgan fingerprint density at radius 2 is 2.16 bits per heavy atom. The third-order valence-corrected chi connectivity index (χ3v) is 3.48. The number of likely N-dealkylation sites (N-methyl/N-ethyl adjacent to an activating group) is 1. The number of nitrogens with one attached hydrogen (secondary N) is 1. The summed E-state index contributed by atoms with van der Waals surface area (Å²) in [6.45, 7) is 6.22. The Bertz CT molecular complexity index is 587. The number of hydrogen-bond donors (Lipinski definition) is 1. The van der Waals surface area contributed by atoms with Gasteiger partial charge < -0.3 is 10.2 Å². The van der Waals surface area contributed by atoms with E-state index in [0.717, 1.165) is 30.0 Å². The van der Waals surface area contributed by atoms with Crippen molar-refractivity contribution < 1.29 is 0 Å². The smallest absolute Gasteiger partial charge is 0.0765 e. The zero-order chi connectivity index (χ0) is 13.4. The molecule has 5 nitrogen and oxygen atoms in total. The van der Waals surface area contributed by atoms with Crippen molar-refractivity contribution in [3.63, 3.8) is 0 Å². The SMILES string of the molecule is CC(C)n1cc(-c2cc3c(cn2)NCCN3C)cn1. The molecule has 0 bridgehead atoms. The molecule has 0 spiro atoms. The van der Waals surface area contributed by atoms with Crippen LogP contribution in [0.4, 0.5) is 11.4 Å². The van der Waals surface area contributed by atoms with Crippen LogP contribution in [0.3, 0.4) is 0 Å². The molecule has 0 amide bonds. The minimum atomic E-state index is 0.371. The quantitative estimate of drug-likeness (QED) is 0.897. The number of fused-ring (bicyclic) bond motifs is 1. The van der Waals surface area contributed by atoms with Gasteiger partial charge in [0.25, 0.3) is 0 Å². The van der Waals surface area contributed by atoms with Gasteiger partial charge in [0, 0.05) is 37.9 Å². The second-order valence-corrected chi connectivity index (χ2v) is 5.24. The van der Waals surface area contributed by atoms with Crippen LogP contribution in [0.2, 0.25) is 0 Å². The highest BCUT2D eigenvalue weighted by Crippen LogP contribution is 2.31. The number of hydrogen-bond acceptors (Lipinski definition) is 4. The van der Waals surface area contributed by atoms with Gasteiger partial charge in [0.1, 0.15) is 0 Å². The van der Waals surface area contributed by atoms with Crippen molar-refractivity contribution in [3.05, 3.63) is 24.7 Å². The highest BCUT2D eigenvalue weighted by molar-refractivity contribution is 5.76. The standard InChI is InChI=1S/C14H19N5/c1-10(2)19-9-11(7-17-19)12-6-14-13(8-16-12)15-4-5-18(14)3/h6-10,15H,4-5H2,1-3H3. The predicted octanol–water partition coefficient (Wildman–Crippen LogP) is 2.39. The molecule has 0 saturated carbocycles. The van der Waals surface area contributed by atoms with Crippen molar-refractivity contribution in [2.45, 2.75) is 19.9 Å². The van der Waals surface area contributed by atoms with E-state index < -0.39 is 0 Å². The molecule has 3 rings (SSSR count). The van der Waals surface area contributed by atoms with Crippen molar-refractivity contribution in [2.24, 2.45) is 0 Å². The predicted molar refractivity (Wildman–Crippen MR) is 77.6 cm³/mol. The summed E-state index contributed by atoms with van der Waals surface area (Å²) >= 11 is 0. The molecule has 2 aromatic heterocycles. The molecule has 1 N–H and O–H groups in total. The summed E-state index contributed by atoms with van der Waals surface area (Å²) in [5, 5.41) is 7.74. The molecule has 1 aliphatic heterocycles. The molecule has 19 heavy (non-hydrogen) atoms. The fraction of sp³-hybridized carbons (Fsp3) is 0.429. The maximum Gasteiger partial charge on any atom is 0.0765 e. The van der Waals surface area contributed by atoms with Gasteiger partial charge in [0.15, 0.2) is 0 Å². The summed E-state index contributed by atoms with van der Waals surface area (Å²) in [7, 11) is 2.11. The zero-order valence-corrected chi connectivity index (χ0v) is 11.6. The van der Waals surface area contributed by atoms with E-state index in [-0.39, 0.29) is 0 Å². The van der Waals surface area contributed by atoms with Crippen LogP contribution < -0.4 is 10.2 Å². The van der Waals surface area contributed by atoms with Crippen LogP contribution in [0.25, 0.3) is 11.3 Å². The Kier molecular flexibility index (Phi) is 2.89. The Morgan fingerprint density at radius 3 is 2.89 bits per heavy atom. The molecule has 0 radical (unpaired) electrons. The maximum atomic E-state index is 4.53. The Balaban J connectivity index is 1.98. The minimum absolute atomic E-state index is 0.371. The molecular weight excluding hydrogens is 238 g/mol. The summed E-state index contributed by atoms with van der Waals surface area (Å²) in [5.41, 5.74) is 4.35. The van der Waals surface area contributed by atoms with Gasteiger partial charge in [-0.25, -0.2) is 0 Å². The van der Waals surface area contributed by atoms with Gasteiger partial charge in [0.2, 0.25) is 0 Å². The molecule has 0 aliphatic carbocycles. The average Bonchev–Trinajstić information content (AvgIpc) is 2.89. The van der Waals surface area contributed by atoms with E-state index in [1.54, 1.807) is 0 Å². The lowest BCUT2D eigenvalue weighted by Gasteiger charge is -2.28. The first kappa shape index (κ1) is 12.0. The first-order chi connectivity index (χ1) is 9.15. The molecule has 0 saturated heterocycles. The van der Waals surface area contributed by atoms with Gasteiger partial charge in [-0.3, -0.25) is 9.67 Å². The first-order valence-corrected chi connectivity index (χ1v) is 6.65. The molecule has 0 atom stereocenters. The highest BCUT2D eigenvalue weighted by atomic mass is 15.3. The molecule has 0 fully saturated rings. The molecule has 2 aromatic rings. The summed E-state index contributed by atoms with van der Waals surface area (Å²) in [6, 6.07) is 2.50. The molecule has 100 valence electrons. The Hall–Kier alpha value is -2.04. The lowest BCUT2D eigenvalue weighted by atomic mass is 10.1. The highest BCUT2D eigenvalue weighted by Gasteiger charge is 2.15. The van der Waals surface area contributed by atoms with Crippen molar-refractivity contribution >= 4 is 11.4 Å². The summed E-state index contributed by atoms with van der Waals surface area (Å²) in [5.74, 6) is 0. The number of rotatable bonds is 2. The van der Waals surface area contributed by atoms with E-state index in [4.69, 9.17) is 0 Å². The second-order valence-electron chi connectivity index (χ2n) is 5.24. The molecule has 0 unspecified atom stereocenters. The number of nitrogens with zero attached hydrogens (tertiary/aromatic N) is 4. The number of pyridine rings is 1. The zero-order valence-electron chi connectivity index (χ0n) is 11.6. The molecule has 1 aliphatic rings. The molecule has 5 heteroatoms. The monoisotopic (exact) mass is 257 g/mol. The summed E-state index contributed by atoms with van der Waals surface area (Å²) in [6.07, 6.45) is 5.84. The Labute approximate surface area is 113 Å². The van der Waals surface area contributed by atoms with Crippen molar-refractivity contribution in [2.75, 3.05) is 30.4 Å². The van der Waals surface area contributed by atoms with Gasteiger partial charge in [-0.1, -0.05) is 0 Å². The number of anilines is 2. The molecular formula is C14H19N5. The lowest BCUT2D eigenvalue weighted by Crippen LogP contribution is -2.30.